The summed E-state index contributed by atoms with van der Waals surface area (Å²) in [5.74, 6) is 0.767. The van der Waals surface area contributed by atoms with E-state index in [1.165, 1.54) is 0 Å². The molecule has 3 rings (SSSR count). The zero-order valence-corrected chi connectivity index (χ0v) is 14.7. The molecule has 0 radical (unpaired) electrons. The minimum Gasteiger partial charge on any atom is -0.376 e. The highest BCUT2D eigenvalue weighted by atomic mass is 32.2. The van der Waals surface area contributed by atoms with Gasteiger partial charge in [-0.25, -0.2) is 0 Å². The van der Waals surface area contributed by atoms with Crippen molar-refractivity contribution in [2.24, 2.45) is 5.11 Å². The van der Waals surface area contributed by atoms with E-state index in [0.29, 0.717) is 19.8 Å². The summed E-state index contributed by atoms with van der Waals surface area (Å²) in [6.45, 7) is 1.67. The third kappa shape index (κ3) is 5.25. The van der Waals surface area contributed by atoms with Crippen molar-refractivity contribution in [3.05, 3.63) is 82.2 Å². The molecule has 0 bridgehead atoms. The molecule has 5 nitrogen and oxygen atoms in total. The Hall–Kier alpha value is -1.98. The Bertz CT molecular complexity index is 692. The Morgan fingerprint density at radius 2 is 1.64 bits per heavy atom. The van der Waals surface area contributed by atoms with E-state index in [4.69, 9.17) is 15.0 Å². The molecule has 25 heavy (non-hydrogen) atoms. The van der Waals surface area contributed by atoms with Crippen LogP contribution >= 0.6 is 11.8 Å². The molecule has 1 aliphatic rings. The lowest BCUT2D eigenvalue weighted by atomic mass is 10.1. The van der Waals surface area contributed by atoms with Crippen molar-refractivity contribution in [1.29, 1.82) is 0 Å². The van der Waals surface area contributed by atoms with Gasteiger partial charge >= 0.3 is 0 Å². The van der Waals surface area contributed by atoms with Crippen molar-refractivity contribution < 1.29 is 9.47 Å². The normalized spacial score (nSPS) is 22.5. The van der Waals surface area contributed by atoms with Gasteiger partial charge in [0.1, 0.15) is 0 Å². The molecular formula is C19H21N3O2S. The van der Waals surface area contributed by atoms with E-state index in [1.54, 1.807) is 11.8 Å². The number of azide groups is 1. The van der Waals surface area contributed by atoms with Crippen molar-refractivity contribution in [2.45, 2.75) is 30.6 Å². The van der Waals surface area contributed by atoms with Crippen LogP contribution in [0.5, 0.6) is 0 Å². The summed E-state index contributed by atoms with van der Waals surface area (Å²) in [5.41, 5.74) is 11.1. The topological polar surface area (TPSA) is 67.2 Å². The van der Waals surface area contributed by atoms with Gasteiger partial charge in [-0.1, -0.05) is 65.8 Å². The maximum atomic E-state index is 8.80. The summed E-state index contributed by atoms with van der Waals surface area (Å²) in [4.78, 5) is 2.98. The van der Waals surface area contributed by atoms with Gasteiger partial charge in [-0.05, 0) is 16.7 Å². The van der Waals surface area contributed by atoms with Crippen LogP contribution < -0.4 is 0 Å². The monoisotopic (exact) mass is 355 g/mol. The second-order valence-corrected chi connectivity index (χ2v) is 7.18. The second-order valence-electron chi connectivity index (χ2n) is 5.91. The molecule has 1 saturated heterocycles. The first kappa shape index (κ1) is 17.8. The standard InChI is InChI=1S/C19H21N3O2S/c20-22-21-17-14-25-18(13-23-11-15-7-3-1-4-8-15)19(17)24-12-16-9-5-2-6-10-16/h1-10,17-19H,11-14H2/t17-,18-,19+/m0/s1. The Morgan fingerprint density at radius 1 is 1.00 bits per heavy atom. The minimum absolute atomic E-state index is 0.128. The van der Waals surface area contributed by atoms with E-state index in [-0.39, 0.29) is 17.4 Å². The Morgan fingerprint density at radius 3 is 2.28 bits per heavy atom. The third-order valence-electron chi connectivity index (χ3n) is 4.11. The molecule has 3 atom stereocenters. The number of rotatable bonds is 8. The van der Waals surface area contributed by atoms with Crippen molar-refractivity contribution in [3.63, 3.8) is 0 Å². The SMILES string of the molecule is [N-]=[N+]=N[C@H]1CS[C@@H](COCc2ccccc2)[C@@H]1OCc1ccccc1. The highest BCUT2D eigenvalue weighted by molar-refractivity contribution is 8.00. The van der Waals surface area contributed by atoms with Gasteiger partial charge in [0, 0.05) is 10.7 Å². The predicted molar refractivity (Wildman–Crippen MR) is 100 cm³/mol. The second kappa shape index (κ2) is 9.49. The fraction of sp³-hybridized carbons (Fsp3) is 0.368. The number of hydrogen-bond acceptors (Lipinski definition) is 4. The average Bonchev–Trinajstić information content (AvgIpc) is 3.04. The molecule has 1 aliphatic heterocycles. The molecule has 0 N–H and O–H groups in total. The van der Waals surface area contributed by atoms with Crippen molar-refractivity contribution in [1.82, 2.24) is 0 Å². The summed E-state index contributed by atoms with van der Waals surface area (Å²) < 4.78 is 12.0. The van der Waals surface area contributed by atoms with Crippen LogP contribution in [0.2, 0.25) is 0 Å². The fourth-order valence-corrected chi connectivity index (χ4v) is 4.16. The van der Waals surface area contributed by atoms with Gasteiger partial charge < -0.3 is 9.47 Å². The van der Waals surface area contributed by atoms with Gasteiger partial charge in [0.2, 0.25) is 0 Å². The van der Waals surface area contributed by atoms with E-state index in [0.717, 1.165) is 16.9 Å². The molecule has 1 heterocycles. The maximum Gasteiger partial charge on any atom is 0.0813 e. The first-order valence-electron chi connectivity index (χ1n) is 8.30. The summed E-state index contributed by atoms with van der Waals surface area (Å²) in [7, 11) is 0. The summed E-state index contributed by atoms with van der Waals surface area (Å²) in [6, 6.07) is 20.0. The number of ether oxygens (including phenoxy) is 2. The molecule has 2 aromatic carbocycles. The predicted octanol–water partition coefficient (Wildman–Crippen LogP) is 4.58. The van der Waals surface area contributed by atoms with Gasteiger partial charge in [-0.3, -0.25) is 0 Å². The minimum atomic E-state index is -0.149. The quantitative estimate of drug-likeness (QED) is 0.395. The molecular weight excluding hydrogens is 334 g/mol. The van der Waals surface area contributed by atoms with Gasteiger partial charge in [-0.2, -0.15) is 11.8 Å². The number of thioether (sulfide) groups is 1. The Balaban J connectivity index is 1.55. The Kier molecular flexibility index (Phi) is 6.77. The summed E-state index contributed by atoms with van der Waals surface area (Å²) in [6.07, 6.45) is -0.128. The van der Waals surface area contributed by atoms with Crippen molar-refractivity contribution in [2.75, 3.05) is 12.4 Å². The van der Waals surface area contributed by atoms with Crippen LogP contribution in [0.15, 0.2) is 65.8 Å². The van der Waals surface area contributed by atoms with Crippen LogP contribution in [0.1, 0.15) is 11.1 Å². The van der Waals surface area contributed by atoms with E-state index >= 15 is 0 Å². The molecule has 0 aromatic heterocycles. The van der Waals surface area contributed by atoms with Gasteiger partial charge in [0.15, 0.2) is 0 Å². The summed E-state index contributed by atoms with van der Waals surface area (Å²) >= 11 is 1.75. The van der Waals surface area contributed by atoms with Gasteiger partial charge in [-0.15, -0.1) is 0 Å². The lowest BCUT2D eigenvalue weighted by Crippen LogP contribution is -2.33. The van der Waals surface area contributed by atoms with E-state index in [2.05, 4.69) is 10.0 Å². The average molecular weight is 355 g/mol. The van der Waals surface area contributed by atoms with E-state index < -0.39 is 0 Å². The molecule has 0 unspecified atom stereocenters. The molecule has 0 amide bonds. The molecule has 0 aliphatic carbocycles. The molecule has 0 saturated carbocycles. The van der Waals surface area contributed by atoms with Gasteiger partial charge in [0.25, 0.3) is 0 Å². The molecule has 6 heteroatoms. The molecule has 1 fully saturated rings. The van der Waals surface area contributed by atoms with Crippen LogP contribution in [0, 0.1) is 0 Å². The maximum absolute atomic E-state index is 8.80. The number of hydrogen-bond donors (Lipinski definition) is 0. The first-order valence-corrected chi connectivity index (χ1v) is 9.34. The van der Waals surface area contributed by atoms with Gasteiger partial charge in [0.05, 0.1) is 37.2 Å². The highest BCUT2D eigenvalue weighted by Crippen LogP contribution is 2.32. The van der Waals surface area contributed by atoms with Crippen LogP contribution in [-0.2, 0) is 22.7 Å². The number of nitrogens with zero attached hydrogens (tertiary/aromatic N) is 3. The first-order chi connectivity index (χ1) is 12.4. The van der Waals surface area contributed by atoms with Crippen molar-refractivity contribution in [3.8, 4) is 0 Å². The lowest BCUT2D eigenvalue weighted by molar-refractivity contribution is 0.00926. The number of benzene rings is 2. The van der Waals surface area contributed by atoms with E-state index in [1.807, 2.05) is 60.7 Å². The Labute approximate surface area is 152 Å². The molecule has 0 spiro atoms. The van der Waals surface area contributed by atoms with E-state index in [9.17, 15) is 0 Å². The zero-order valence-electron chi connectivity index (χ0n) is 13.9. The molecule has 2 aromatic rings. The van der Waals surface area contributed by atoms with Crippen LogP contribution in [0.3, 0.4) is 0 Å². The highest BCUT2D eigenvalue weighted by Gasteiger charge is 2.37. The van der Waals surface area contributed by atoms with Crippen molar-refractivity contribution >= 4 is 11.8 Å². The summed E-state index contributed by atoms with van der Waals surface area (Å²) in [5, 5.41) is 4.08. The van der Waals surface area contributed by atoms with Crippen LogP contribution in [-0.4, -0.2) is 29.8 Å². The largest absolute Gasteiger partial charge is 0.376 e. The van der Waals surface area contributed by atoms with Crippen LogP contribution in [0.25, 0.3) is 10.4 Å². The van der Waals surface area contributed by atoms with Crippen LogP contribution in [0.4, 0.5) is 0 Å². The smallest absolute Gasteiger partial charge is 0.0813 e. The third-order valence-corrected chi connectivity index (χ3v) is 5.47. The lowest BCUT2D eigenvalue weighted by Gasteiger charge is -2.22. The fourth-order valence-electron chi connectivity index (χ4n) is 2.82. The molecule has 130 valence electrons. The zero-order chi connectivity index (χ0) is 17.3.